The summed E-state index contributed by atoms with van der Waals surface area (Å²) >= 11 is 5.58. The van der Waals surface area contributed by atoms with Gasteiger partial charge in [-0.3, -0.25) is 0 Å². The second kappa shape index (κ2) is 4.90. The fourth-order valence-electron chi connectivity index (χ4n) is 1.09. The number of halogens is 2. The van der Waals surface area contributed by atoms with Gasteiger partial charge in [-0.1, -0.05) is 12.1 Å². The summed E-state index contributed by atoms with van der Waals surface area (Å²) in [4.78, 5) is 7.80. The quantitative estimate of drug-likeness (QED) is 0.771. The normalized spacial score (nSPS) is 10.1. The van der Waals surface area contributed by atoms with Crippen LogP contribution in [-0.4, -0.2) is 9.97 Å². The lowest BCUT2D eigenvalue weighted by atomic mass is 10.3. The number of hydrogen-bond donors (Lipinski definition) is 0. The van der Waals surface area contributed by atoms with Crippen molar-refractivity contribution in [2.24, 2.45) is 0 Å². The average Bonchev–Trinajstić information content (AvgIpc) is 2.33. The number of aromatic nitrogens is 2. The van der Waals surface area contributed by atoms with Gasteiger partial charge in [-0.2, -0.15) is 0 Å². The van der Waals surface area contributed by atoms with Crippen molar-refractivity contribution in [1.82, 2.24) is 9.97 Å². The van der Waals surface area contributed by atoms with Crippen LogP contribution in [0.25, 0.3) is 0 Å². The maximum Gasteiger partial charge on any atom is 0.321 e. The second-order valence-electron chi connectivity index (χ2n) is 3.04. The number of benzene rings is 1. The van der Waals surface area contributed by atoms with Gasteiger partial charge in [0.2, 0.25) is 0 Å². The number of ether oxygens (including phenoxy) is 1. The van der Waals surface area contributed by atoms with Crippen molar-refractivity contribution in [3.8, 4) is 11.8 Å². The molecule has 0 radical (unpaired) electrons. The number of nitrogens with zero attached hydrogens (tertiary/aromatic N) is 2. The zero-order valence-electron chi connectivity index (χ0n) is 8.23. The van der Waals surface area contributed by atoms with E-state index in [-0.39, 0.29) is 11.8 Å². The largest absolute Gasteiger partial charge is 0.421 e. The zero-order valence-corrected chi connectivity index (χ0v) is 8.99. The fraction of sp³-hybridized carbons (Fsp3) is 0.0909. The summed E-state index contributed by atoms with van der Waals surface area (Å²) in [5.41, 5.74) is 0.780. The standard InChI is InChI=1S/C11H8ClFN2O/c12-5-8-6-14-11(15-7-8)16-10-4-2-1-3-9(10)13/h1-4,6-7H,5H2. The van der Waals surface area contributed by atoms with Crippen molar-refractivity contribution in [3.63, 3.8) is 0 Å². The van der Waals surface area contributed by atoms with Crippen molar-refractivity contribution in [3.05, 3.63) is 48.0 Å². The van der Waals surface area contributed by atoms with Crippen LogP contribution in [-0.2, 0) is 5.88 Å². The molecule has 0 bridgehead atoms. The Bertz CT molecular complexity index is 476. The van der Waals surface area contributed by atoms with Gasteiger partial charge in [-0.05, 0) is 12.1 Å². The van der Waals surface area contributed by atoms with Gasteiger partial charge >= 0.3 is 6.01 Å². The molecule has 0 spiro atoms. The van der Waals surface area contributed by atoms with Gasteiger partial charge in [0.15, 0.2) is 11.6 Å². The maximum absolute atomic E-state index is 13.2. The Morgan fingerprint density at radius 1 is 1.19 bits per heavy atom. The van der Waals surface area contributed by atoms with Crippen LogP contribution in [0.2, 0.25) is 0 Å². The lowest BCUT2D eigenvalue weighted by molar-refractivity contribution is 0.410. The van der Waals surface area contributed by atoms with Crippen LogP contribution in [0.4, 0.5) is 4.39 Å². The average molecular weight is 239 g/mol. The number of hydrogen-bond acceptors (Lipinski definition) is 3. The minimum absolute atomic E-state index is 0.0963. The van der Waals surface area contributed by atoms with Gasteiger partial charge in [0.1, 0.15) is 0 Å². The van der Waals surface area contributed by atoms with Crippen LogP contribution >= 0.6 is 11.6 Å². The van der Waals surface area contributed by atoms with E-state index in [1.54, 1.807) is 12.1 Å². The molecular weight excluding hydrogens is 231 g/mol. The van der Waals surface area contributed by atoms with Gasteiger partial charge in [-0.15, -0.1) is 11.6 Å². The monoisotopic (exact) mass is 238 g/mol. The molecule has 1 heterocycles. The van der Waals surface area contributed by atoms with Crippen LogP contribution < -0.4 is 4.74 Å². The Labute approximate surface area is 96.9 Å². The molecular formula is C11H8ClFN2O. The Kier molecular flexibility index (Phi) is 3.31. The Hall–Kier alpha value is -1.68. The molecule has 2 aromatic rings. The molecule has 0 fully saturated rings. The van der Waals surface area contributed by atoms with Gasteiger partial charge in [0, 0.05) is 18.0 Å². The summed E-state index contributed by atoms with van der Waals surface area (Å²) in [6.45, 7) is 0. The third-order valence-corrected chi connectivity index (χ3v) is 2.18. The predicted molar refractivity (Wildman–Crippen MR) is 58.1 cm³/mol. The highest BCUT2D eigenvalue weighted by Gasteiger charge is 2.05. The molecule has 5 heteroatoms. The van der Waals surface area contributed by atoms with E-state index in [0.717, 1.165) is 5.56 Å². The molecule has 0 N–H and O–H groups in total. The molecule has 1 aromatic heterocycles. The topological polar surface area (TPSA) is 35.0 Å². The van der Waals surface area contributed by atoms with Gasteiger partial charge < -0.3 is 4.74 Å². The molecule has 0 atom stereocenters. The second-order valence-corrected chi connectivity index (χ2v) is 3.31. The fourth-order valence-corrected chi connectivity index (χ4v) is 1.23. The molecule has 0 aliphatic carbocycles. The van der Waals surface area contributed by atoms with Gasteiger partial charge in [-0.25, -0.2) is 14.4 Å². The number of para-hydroxylation sites is 1. The van der Waals surface area contributed by atoms with E-state index in [1.165, 1.54) is 24.5 Å². The minimum atomic E-state index is -0.451. The molecule has 0 amide bonds. The summed E-state index contributed by atoms with van der Waals surface area (Å²) in [5, 5.41) is 0. The molecule has 0 aliphatic rings. The predicted octanol–water partition coefficient (Wildman–Crippen LogP) is 3.15. The van der Waals surface area contributed by atoms with Crippen molar-refractivity contribution in [1.29, 1.82) is 0 Å². The summed E-state index contributed by atoms with van der Waals surface area (Å²) in [7, 11) is 0. The molecule has 3 nitrogen and oxygen atoms in total. The smallest absolute Gasteiger partial charge is 0.321 e. The lowest BCUT2D eigenvalue weighted by Gasteiger charge is -2.04. The molecule has 0 saturated carbocycles. The highest BCUT2D eigenvalue weighted by Crippen LogP contribution is 2.20. The summed E-state index contributed by atoms with van der Waals surface area (Å²) in [5.74, 6) is -0.0198. The summed E-state index contributed by atoms with van der Waals surface area (Å²) < 4.78 is 18.4. The van der Waals surface area contributed by atoms with Crippen molar-refractivity contribution in [2.75, 3.05) is 0 Å². The van der Waals surface area contributed by atoms with E-state index in [4.69, 9.17) is 16.3 Å². The van der Waals surface area contributed by atoms with Gasteiger partial charge in [0.05, 0.1) is 5.88 Å². The molecule has 1 aromatic carbocycles. The van der Waals surface area contributed by atoms with Crippen molar-refractivity contribution in [2.45, 2.75) is 5.88 Å². The molecule has 0 unspecified atom stereocenters. The SMILES string of the molecule is Fc1ccccc1Oc1ncc(CCl)cn1. The van der Waals surface area contributed by atoms with Crippen molar-refractivity contribution >= 4 is 11.6 Å². The Balaban J connectivity index is 2.18. The number of alkyl halides is 1. The van der Waals surface area contributed by atoms with Crippen LogP contribution in [0.15, 0.2) is 36.7 Å². The van der Waals surface area contributed by atoms with E-state index >= 15 is 0 Å². The minimum Gasteiger partial charge on any atom is -0.421 e. The van der Waals surface area contributed by atoms with E-state index in [2.05, 4.69) is 9.97 Å². The van der Waals surface area contributed by atoms with Crippen LogP contribution in [0, 0.1) is 5.82 Å². The summed E-state index contributed by atoms with van der Waals surface area (Å²) in [6, 6.07) is 6.17. The van der Waals surface area contributed by atoms with Gasteiger partial charge in [0.25, 0.3) is 0 Å². The molecule has 82 valence electrons. The molecule has 0 aliphatic heterocycles. The van der Waals surface area contributed by atoms with E-state index < -0.39 is 5.82 Å². The first kappa shape index (κ1) is 10.8. The van der Waals surface area contributed by atoms with Crippen LogP contribution in [0.3, 0.4) is 0 Å². The Morgan fingerprint density at radius 2 is 1.88 bits per heavy atom. The molecule has 16 heavy (non-hydrogen) atoms. The zero-order chi connectivity index (χ0) is 11.4. The molecule has 0 saturated heterocycles. The van der Waals surface area contributed by atoms with E-state index in [0.29, 0.717) is 5.88 Å². The highest BCUT2D eigenvalue weighted by atomic mass is 35.5. The van der Waals surface area contributed by atoms with E-state index in [1.807, 2.05) is 0 Å². The first-order valence-corrected chi connectivity index (χ1v) is 5.12. The highest BCUT2D eigenvalue weighted by molar-refractivity contribution is 6.17. The lowest BCUT2D eigenvalue weighted by Crippen LogP contribution is -1.94. The first-order valence-electron chi connectivity index (χ1n) is 4.59. The summed E-state index contributed by atoms with van der Waals surface area (Å²) in [6.07, 6.45) is 3.08. The van der Waals surface area contributed by atoms with Crippen LogP contribution in [0.1, 0.15) is 5.56 Å². The molecule has 2 rings (SSSR count). The first-order chi connectivity index (χ1) is 7.79. The van der Waals surface area contributed by atoms with Crippen molar-refractivity contribution < 1.29 is 9.13 Å². The van der Waals surface area contributed by atoms with Crippen LogP contribution in [0.5, 0.6) is 11.8 Å². The third-order valence-electron chi connectivity index (χ3n) is 1.87. The van der Waals surface area contributed by atoms with E-state index in [9.17, 15) is 4.39 Å². The maximum atomic E-state index is 13.2. The third kappa shape index (κ3) is 2.46. The number of rotatable bonds is 3. The Morgan fingerprint density at radius 3 is 2.50 bits per heavy atom.